The van der Waals surface area contributed by atoms with Gasteiger partial charge < -0.3 is 14.9 Å². The quantitative estimate of drug-likeness (QED) is 0.285. The molecule has 12 nitrogen and oxygen atoms in total. The Morgan fingerprint density at radius 3 is 2.73 bits per heavy atom. The van der Waals surface area contributed by atoms with Crippen LogP contribution in [-0.2, 0) is 18.3 Å². The van der Waals surface area contributed by atoms with Gasteiger partial charge in [-0.15, -0.1) is 13.2 Å². The molecule has 0 aliphatic carbocycles. The average molecular weight is 575 g/mol. The molecule has 0 saturated heterocycles. The summed E-state index contributed by atoms with van der Waals surface area (Å²) in [5.41, 5.74) is -0.867. The monoisotopic (exact) mass is 575 g/mol. The molecule has 2 N–H and O–H groups in total. The summed E-state index contributed by atoms with van der Waals surface area (Å²) in [6.07, 6.45) is 0.175. The summed E-state index contributed by atoms with van der Waals surface area (Å²) < 4.78 is 62.3. The topological polar surface area (TPSA) is 161 Å². The minimum Gasteiger partial charge on any atom is -0.501 e. The number of aromatic hydroxyl groups is 1. The number of ether oxygens (including phenoxy) is 1. The Balaban J connectivity index is 1.80. The Labute approximate surface area is 228 Å². The number of carbonyl (C=O) groups excluding carboxylic acids is 1. The number of amides is 1. The van der Waals surface area contributed by atoms with Gasteiger partial charge in [0.15, 0.2) is 5.69 Å². The Morgan fingerprint density at radius 2 is 2.07 bits per heavy atom. The van der Waals surface area contributed by atoms with Gasteiger partial charge in [0.05, 0.1) is 37.2 Å². The number of hydrogen-bond donors (Lipinski definition) is 2. The molecule has 1 aromatic carbocycles. The summed E-state index contributed by atoms with van der Waals surface area (Å²) in [6, 6.07) is 5.44. The molecule has 3 aromatic heterocycles. The van der Waals surface area contributed by atoms with Gasteiger partial charge in [0.2, 0.25) is 5.75 Å². The summed E-state index contributed by atoms with van der Waals surface area (Å²) in [5, 5.41) is 30.1. The Kier molecular flexibility index (Phi) is 8.19. The molecule has 1 amide bonds. The van der Waals surface area contributed by atoms with Gasteiger partial charge in [-0.1, -0.05) is 12.1 Å². The molecule has 0 aliphatic rings. The highest BCUT2D eigenvalue weighted by Crippen LogP contribution is 2.39. The first kappa shape index (κ1) is 29.0. The van der Waals surface area contributed by atoms with Gasteiger partial charge in [0, 0.05) is 25.1 Å². The predicted molar refractivity (Wildman–Crippen MR) is 131 cm³/mol. The Bertz CT molecular complexity index is 1660. The van der Waals surface area contributed by atoms with E-state index in [1.165, 1.54) is 36.4 Å². The zero-order valence-electron chi connectivity index (χ0n) is 21.4. The number of aromatic nitrogens is 5. The predicted octanol–water partition coefficient (Wildman–Crippen LogP) is 3.41. The second-order valence-electron chi connectivity index (χ2n) is 8.84. The lowest BCUT2D eigenvalue weighted by molar-refractivity contribution is -0.325. The van der Waals surface area contributed by atoms with Crippen molar-refractivity contribution in [2.75, 3.05) is 11.9 Å². The van der Waals surface area contributed by atoms with Crippen LogP contribution in [0.1, 0.15) is 51.8 Å². The molecule has 4 rings (SSSR count). The number of alkyl halides is 3. The number of carbonyl (C=O) groups is 1. The number of halogens is 4. The van der Waals surface area contributed by atoms with Gasteiger partial charge in [0.1, 0.15) is 23.6 Å². The van der Waals surface area contributed by atoms with E-state index in [4.69, 9.17) is 0 Å². The number of nitriles is 1. The van der Waals surface area contributed by atoms with Crippen molar-refractivity contribution in [2.45, 2.75) is 31.7 Å². The van der Waals surface area contributed by atoms with E-state index in [9.17, 15) is 37.5 Å². The van der Waals surface area contributed by atoms with Crippen LogP contribution in [0.2, 0.25) is 0 Å². The fourth-order valence-corrected chi connectivity index (χ4v) is 4.33. The highest BCUT2D eigenvalue weighted by atomic mass is 19.4. The van der Waals surface area contributed by atoms with E-state index in [-0.39, 0.29) is 29.2 Å². The maximum atomic E-state index is 14.4. The van der Waals surface area contributed by atoms with Crippen molar-refractivity contribution in [1.82, 2.24) is 24.5 Å². The van der Waals surface area contributed by atoms with E-state index in [1.807, 2.05) is 6.07 Å². The second-order valence-corrected chi connectivity index (χ2v) is 8.84. The van der Waals surface area contributed by atoms with Crippen LogP contribution in [0.4, 0.5) is 23.2 Å². The third-order valence-electron chi connectivity index (χ3n) is 6.18. The molecule has 214 valence electrons. The number of hydrogen-bond acceptors (Lipinski definition) is 9. The molecule has 2 atom stereocenters. The zero-order valence-corrected chi connectivity index (χ0v) is 21.4. The van der Waals surface area contributed by atoms with Gasteiger partial charge in [-0.05, 0) is 29.3 Å². The summed E-state index contributed by atoms with van der Waals surface area (Å²) in [4.78, 5) is 30.0. The van der Waals surface area contributed by atoms with Crippen LogP contribution >= 0.6 is 0 Å². The molecule has 0 radical (unpaired) electrons. The standard InChI is InChI=1S/C25H21F4N7O5/c1-13(22-34-20(21(37)24(39)35(22)2)23(38)33-17-10-32-41-12-17)19(18-7-16(26)4-3-14(18)8-30)15-9-31-36(11-15)5-6-40-25(27,28)29/h3-4,7,9-13,19,37H,5-6H2,1-2H3,(H,33,38). The maximum absolute atomic E-state index is 14.4. The molecule has 2 unspecified atom stereocenters. The van der Waals surface area contributed by atoms with Crippen LogP contribution < -0.4 is 10.9 Å². The van der Waals surface area contributed by atoms with Gasteiger partial charge in [-0.2, -0.15) is 10.4 Å². The lowest BCUT2D eigenvalue weighted by Gasteiger charge is -2.26. The fourth-order valence-electron chi connectivity index (χ4n) is 4.33. The van der Waals surface area contributed by atoms with Crippen molar-refractivity contribution < 1.29 is 36.7 Å². The summed E-state index contributed by atoms with van der Waals surface area (Å²) in [7, 11) is 1.30. The van der Waals surface area contributed by atoms with E-state index < -0.39 is 53.5 Å². The van der Waals surface area contributed by atoms with Gasteiger partial charge >= 0.3 is 6.36 Å². The van der Waals surface area contributed by atoms with E-state index in [1.54, 1.807) is 6.92 Å². The molecule has 0 saturated carbocycles. The first-order chi connectivity index (χ1) is 19.4. The third kappa shape index (κ3) is 6.41. The largest absolute Gasteiger partial charge is 0.522 e. The van der Waals surface area contributed by atoms with Crippen LogP contribution in [0.3, 0.4) is 0 Å². The van der Waals surface area contributed by atoms with Crippen LogP contribution in [0.25, 0.3) is 0 Å². The number of nitrogens with zero attached hydrogens (tertiary/aromatic N) is 6. The van der Waals surface area contributed by atoms with Crippen LogP contribution in [-0.4, -0.2) is 48.5 Å². The van der Waals surface area contributed by atoms with Gasteiger partial charge in [-0.25, -0.2) is 9.37 Å². The lowest BCUT2D eigenvalue weighted by atomic mass is 9.80. The maximum Gasteiger partial charge on any atom is 0.522 e. The Morgan fingerprint density at radius 1 is 1.32 bits per heavy atom. The highest BCUT2D eigenvalue weighted by Gasteiger charge is 2.32. The minimum absolute atomic E-state index is 0.0328. The fraction of sp³-hybridized carbons (Fsp3) is 0.280. The molecule has 4 aromatic rings. The molecule has 0 bridgehead atoms. The van der Waals surface area contributed by atoms with E-state index in [0.717, 1.165) is 23.0 Å². The number of nitrogens with one attached hydrogen (secondary N) is 1. The second kappa shape index (κ2) is 11.6. The smallest absolute Gasteiger partial charge is 0.501 e. The third-order valence-corrected chi connectivity index (χ3v) is 6.18. The first-order valence-corrected chi connectivity index (χ1v) is 11.8. The van der Waals surface area contributed by atoms with Crippen molar-refractivity contribution in [3.63, 3.8) is 0 Å². The van der Waals surface area contributed by atoms with Gasteiger partial charge in [-0.3, -0.25) is 23.6 Å². The van der Waals surface area contributed by atoms with Crippen LogP contribution in [0.5, 0.6) is 5.75 Å². The van der Waals surface area contributed by atoms with E-state index >= 15 is 0 Å². The molecule has 0 spiro atoms. The van der Waals surface area contributed by atoms with Crippen molar-refractivity contribution in [3.05, 3.63) is 87.4 Å². The van der Waals surface area contributed by atoms with Gasteiger partial charge in [0.25, 0.3) is 11.5 Å². The Hall–Kier alpha value is -5.04. The van der Waals surface area contributed by atoms with Crippen molar-refractivity contribution in [3.8, 4) is 11.8 Å². The summed E-state index contributed by atoms with van der Waals surface area (Å²) in [5.74, 6) is -4.41. The zero-order chi connectivity index (χ0) is 29.9. The van der Waals surface area contributed by atoms with E-state index in [2.05, 4.69) is 29.8 Å². The van der Waals surface area contributed by atoms with Crippen molar-refractivity contribution in [1.29, 1.82) is 5.26 Å². The number of benzene rings is 1. The normalized spacial score (nSPS) is 13.0. The van der Waals surface area contributed by atoms with E-state index in [0.29, 0.717) is 5.56 Å². The SMILES string of the molecule is CC(c1nc(C(=O)Nc2cnoc2)c(O)c(=O)n1C)C(c1cnn(CCOC(F)(F)F)c1)c1cc(F)ccc1C#N. The van der Waals surface area contributed by atoms with Crippen LogP contribution in [0.15, 0.2) is 52.4 Å². The molecular weight excluding hydrogens is 554 g/mol. The summed E-state index contributed by atoms with van der Waals surface area (Å²) >= 11 is 0. The molecule has 16 heteroatoms. The molecule has 3 heterocycles. The minimum atomic E-state index is -4.83. The molecular formula is C25H21F4N7O5. The number of rotatable bonds is 9. The molecule has 0 aliphatic heterocycles. The average Bonchev–Trinajstić information content (AvgIpc) is 3.59. The molecule has 0 fully saturated rings. The van der Waals surface area contributed by atoms with Crippen molar-refractivity contribution in [2.24, 2.45) is 7.05 Å². The highest BCUT2D eigenvalue weighted by molar-refractivity contribution is 6.04. The number of anilines is 1. The summed E-state index contributed by atoms with van der Waals surface area (Å²) in [6.45, 7) is 0.576. The first-order valence-electron chi connectivity index (χ1n) is 11.8. The van der Waals surface area contributed by atoms with Crippen molar-refractivity contribution >= 4 is 11.6 Å². The lowest BCUT2D eigenvalue weighted by Crippen LogP contribution is -2.29. The van der Waals surface area contributed by atoms with Crippen LogP contribution in [0, 0.1) is 17.1 Å². The molecule has 41 heavy (non-hydrogen) atoms.